The second-order valence-electron chi connectivity index (χ2n) is 4.68. The molecule has 2 aromatic rings. The lowest BCUT2D eigenvalue weighted by atomic mass is 10.2. The second kappa shape index (κ2) is 7.31. The van der Waals surface area contributed by atoms with Crippen LogP contribution in [0.1, 0.15) is 22.8 Å². The number of carbonyl (C=O) groups is 2. The van der Waals surface area contributed by atoms with E-state index in [1.165, 1.54) is 26.2 Å². The minimum absolute atomic E-state index is 0.0169. The Balaban J connectivity index is 2.32. The Morgan fingerprint density at radius 2 is 1.83 bits per heavy atom. The van der Waals surface area contributed by atoms with Crippen LogP contribution in [0.3, 0.4) is 0 Å². The second-order valence-corrected chi connectivity index (χ2v) is 4.68. The summed E-state index contributed by atoms with van der Waals surface area (Å²) in [5.41, 5.74) is 0.922. The van der Waals surface area contributed by atoms with Crippen molar-refractivity contribution in [2.24, 2.45) is 0 Å². The Hall–Kier alpha value is -3.02. The molecule has 0 aliphatic rings. The topological polar surface area (TPSA) is 82.1 Å². The summed E-state index contributed by atoms with van der Waals surface area (Å²) < 4.78 is 15.2. The third-order valence-electron chi connectivity index (χ3n) is 2.94. The maximum absolute atomic E-state index is 11.6. The van der Waals surface area contributed by atoms with Gasteiger partial charge >= 0.3 is 11.9 Å². The molecule has 1 N–H and O–H groups in total. The van der Waals surface area contributed by atoms with E-state index in [1.54, 1.807) is 0 Å². The molecule has 0 fully saturated rings. The molecule has 0 aromatic heterocycles. The first kappa shape index (κ1) is 16.4. The molecule has 0 radical (unpaired) electrons. The van der Waals surface area contributed by atoms with Crippen LogP contribution < -0.4 is 9.47 Å². The summed E-state index contributed by atoms with van der Waals surface area (Å²) in [6.45, 7) is 1.38. The van der Waals surface area contributed by atoms with Gasteiger partial charge in [-0.1, -0.05) is 30.3 Å². The lowest BCUT2D eigenvalue weighted by Gasteiger charge is -2.14. The first-order valence-electron chi connectivity index (χ1n) is 6.81. The highest BCUT2D eigenvalue weighted by molar-refractivity contribution is 5.91. The fourth-order valence-corrected chi connectivity index (χ4v) is 1.93. The van der Waals surface area contributed by atoms with Gasteiger partial charge in [0.25, 0.3) is 0 Å². The van der Waals surface area contributed by atoms with E-state index in [0.29, 0.717) is 0 Å². The predicted octanol–water partition coefficient (Wildman–Crippen LogP) is 2.68. The highest BCUT2D eigenvalue weighted by Crippen LogP contribution is 2.38. The highest BCUT2D eigenvalue weighted by atomic mass is 16.6. The standard InChI is InChI=1S/C17H16O6/c1-11(18)23-15-9-13(17(20)21-2)8-14(19)16(15)22-10-12-6-4-3-5-7-12/h3-9,19H,10H2,1-2H3. The first-order valence-corrected chi connectivity index (χ1v) is 6.81. The zero-order valence-corrected chi connectivity index (χ0v) is 12.7. The fourth-order valence-electron chi connectivity index (χ4n) is 1.93. The Bertz CT molecular complexity index is 709. The Morgan fingerprint density at radius 3 is 2.43 bits per heavy atom. The van der Waals surface area contributed by atoms with Gasteiger partial charge in [0.05, 0.1) is 12.7 Å². The predicted molar refractivity (Wildman–Crippen MR) is 81.5 cm³/mol. The number of ether oxygens (including phenoxy) is 3. The number of hydrogen-bond donors (Lipinski definition) is 1. The molecule has 0 aliphatic heterocycles. The molecular formula is C17H16O6. The Kier molecular flexibility index (Phi) is 5.19. The van der Waals surface area contributed by atoms with E-state index in [4.69, 9.17) is 9.47 Å². The van der Waals surface area contributed by atoms with Crippen LogP contribution in [0.4, 0.5) is 0 Å². The van der Waals surface area contributed by atoms with E-state index in [2.05, 4.69) is 4.74 Å². The van der Waals surface area contributed by atoms with Crippen LogP contribution >= 0.6 is 0 Å². The molecule has 2 rings (SSSR count). The van der Waals surface area contributed by atoms with E-state index in [-0.39, 0.29) is 29.4 Å². The zero-order valence-electron chi connectivity index (χ0n) is 12.7. The van der Waals surface area contributed by atoms with Crippen molar-refractivity contribution in [1.82, 2.24) is 0 Å². The van der Waals surface area contributed by atoms with Crippen LogP contribution in [0, 0.1) is 0 Å². The van der Waals surface area contributed by atoms with Crippen LogP contribution in [0.25, 0.3) is 0 Å². The molecule has 0 saturated heterocycles. The summed E-state index contributed by atoms with van der Waals surface area (Å²) in [5, 5.41) is 10.1. The number of phenols is 1. The lowest BCUT2D eigenvalue weighted by Crippen LogP contribution is -2.07. The van der Waals surface area contributed by atoms with E-state index in [9.17, 15) is 14.7 Å². The van der Waals surface area contributed by atoms with Gasteiger partial charge in [0.1, 0.15) is 6.61 Å². The molecule has 0 heterocycles. The highest BCUT2D eigenvalue weighted by Gasteiger charge is 2.18. The molecule has 0 aliphatic carbocycles. The Morgan fingerprint density at radius 1 is 1.13 bits per heavy atom. The SMILES string of the molecule is COC(=O)c1cc(O)c(OCc2ccccc2)c(OC(C)=O)c1. The molecule has 6 heteroatoms. The summed E-state index contributed by atoms with van der Waals surface area (Å²) in [6.07, 6.45) is 0. The lowest BCUT2D eigenvalue weighted by molar-refractivity contribution is -0.132. The fraction of sp³-hybridized carbons (Fsp3) is 0.176. The summed E-state index contributed by atoms with van der Waals surface area (Å²) in [4.78, 5) is 22.8. The number of hydrogen-bond acceptors (Lipinski definition) is 6. The number of benzene rings is 2. The van der Waals surface area contributed by atoms with Crippen LogP contribution in [0.15, 0.2) is 42.5 Å². The van der Waals surface area contributed by atoms with Crippen LogP contribution in [-0.2, 0) is 16.1 Å². The van der Waals surface area contributed by atoms with Crippen LogP contribution in [0.5, 0.6) is 17.2 Å². The molecule has 0 amide bonds. The van der Waals surface area contributed by atoms with Crippen molar-refractivity contribution in [3.63, 3.8) is 0 Å². The zero-order chi connectivity index (χ0) is 16.8. The van der Waals surface area contributed by atoms with Crippen molar-refractivity contribution in [3.05, 3.63) is 53.6 Å². The molecule has 23 heavy (non-hydrogen) atoms. The third kappa shape index (κ3) is 4.23. The summed E-state index contributed by atoms with van der Waals surface area (Å²) in [7, 11) is 1.21. The van der Waals surface area contributed by atoms with Gasteiger partial charge in [0.15, 0.2) is 11.5 Å². The Labute approximate surface area is 133 Å². The van der Waals surface area contributed by atoms with Crippen molar-refractivity contribution >= 4 is 11.9 Å². The smallest absolute Gasteiger partial charge is 0.338 e. The van der Waals surface area contributed by atoms with E-state index in [1.807, 2.05) is 30.3 Å². The third-order valence-corrected chi connectivity index (χ3v) is 2.94. The monoisotopic (exact) mass is 316 g/mol. The van der Waals surface area contributed by atoms with Crippen molar-refractivity contribution in [1.29, 1.82) is 0 Å². The van der Waals surface area contributed by atoms with Crippen LogP contribution in [-0.4, -0.2) is 24.2 Å². The number of carbonyl (C=O) groups excluding carboxylic acids is 2. The summed E-state index contributed by atoms with van der Waals surface area (Å²) in [6, 6.07) is 11.8. The van der Waals surface area contributed by atoms with E-state index >= 15 is 0 Å². The number of methoxy groups -OCH3 is 1. The molecule has 0 spiro atoms. The maximum Gasteiger partial charge on any atom is 0.338 e. The molecule has 0 atom stereocenters. The molecular weight excluding hydrogens is 300 g/mol. The van der Waals surface area contributed by atoms with Gasteiger partial charge in [-0.3, -0.25) is 4.79 Å². The van der Waals surface area contributed by atoms with E-state index < -0.39 is 11.9 Å². The molecule has 0 unspecified atom stereocenters. The molecule has 2 aromatic carbocycles. The summed E-state index contributed by atoms with van der Waals surface area (Å²) >= 11 is 0. The van der Waals surface area contributed by atoms with Crippen molar-refractivity contribution < 1.29 is 28.9 Å². The van der Waals surface area contributed by atoms with Crippen LogP contribution in [0.2, 0.25) is 0 Å². The van der Waals surface area contributed by atoms with Crippen molar-refractivity contribution in [3.8, 4) is 17.2 Å². The number of rotatable bonds is 5. The minimum Gasteiger partial charge on any atom is -0.504 e. The quantitative estimate of drug-likeness (QED) is 0.674. The van der Waals surface area contributed by atoms with Gasteiger partial charge in [-0.2, -0.15) is 0 Å². The van der Waals surface area contributed by atoms with Crippen molar-refractivity contribution in [2.75, 3.05) is 7.11 Å². The molecule has 0 bridgehead atoms. The molecule has 120 valence electrons. The maximum atomic E-state index is 11.6. The van der Waals surface area contributed by atoms with Gasteiger partial charge in [-0.15, -0.1) is 0 Å². The number of phenolic OH excluding ortho intramolecular Hbond substituents is 1. The first-order chi connectivity index (χ1) is 11.0. The van der Waals surface area contributed by atoms with Gasteiger partial charge in [0.2, 0.25) is 5.75 Å². The number of esters is 2. The largest absolute Gasteiger partial charge is 0.504 e. The van der Waals surface area contributed by atoms with Gasteiger partial charge in [-0.05, 0) is 17.7 Å². The van der Waals surface area contributed by atoms with Gasteiger partial charge in [0, 0.05) is 6.92 Å². The normalized spacial score (nSPS) is 10.0. The number of aromatic hydroxyl groups is 1. The molecule has 6 nitrogen and oxygen atoms in total. The summed E-state index contributed by atoms with van der Waals surface area (Å²) in [5.74, 6) is -1.65. The van der Waals surface area contributed by atoms with Gasteiger partial charge < -0.3 is 19.3 Å². The average molecular weight is 316 g/mol. The van der Waals surface area contributed by atoms with Crippen molar-refractivity contribution in [2.45, 2.75) is 13.5 Å². The minimum atomic E-state index is -0.664. The average Bonchev–Trinajstić information content (AvgIpc) is 2.53. The van der Waals surface area contributed by atoms with Gasteiger partial charge in [-0.25, -0.2) is 4.79 Å². The molecule has 0 saturated carbocycles. The van der Waals surface area contributed by atoms with E-state index in [0.717, 1.165) is 5.56 Å².